The monoisotopic (exact) mass is 216 g/mol. The van der Waals surface area contributed by atoms with Crippen molar-refractivity contribution in [1.29, 1.82) is 0 Å². The standard InChI is InChI=1S/C8H18O.C5H10O/c1-7(2,3)9-8(4,5)6;1-5-3-2-4-6-5/h1-6H3;5H,2-4H2,1H3. The Balaban J connectivity index is 0.000000280. The van der Waals surface area contributed by atoms with Gasteiger partial charge in [0, 0.05) is 6.61 Å². The maximum Gasteiger partial charge on any atom is 0.0605 e. The van der Waals surface area contributed by atoms with Gasteiger partial charge in [-0.25, -0.2) is 0 Å². The lowest BCUT2D eigenvalue weighted by Crippen LogP contribution is -2.31. The molecule has 0 saturated carbocycles. The number of ether oxygens (including phenoxy) is 2. The van der Waals surface area contributed by atoms with Crippen LogP contribution in [0.3, 0.4) is 0 Å². The maximum absolute atomic E-state index is 5.62. The molecular weight excluding hydrogens is 188 g/mol. The second-order valence-corrected chi connectivity index (χ2v) is 6.15. The minimum absolute atomic E-state index is 0.0156. The largest absolute Gasteiger partial charge is 0.379 e. The van der Waals surface area contributed by atoms with Crippen molar-refractivity contribution in [3.8, 4) is 0 Å². The van der Waals surface area contributed by atoms with Crippen LogP contribution in [0.15, 0.2) is 0 Å². The Morgan fingerprint density at radius 1 is 1.00 bits per heavy atom. The van der Waals surface area contributed by atoms with Crippen LogP contribution in [0.25, 0.3) is 0 Å². The number of rotatable bonds is 0. The van der Waals surface area contributed by atoms with Crippen molar-refractivity contribution in [2.24, 2.45) is 0 Å². The Bertz CT molecular complexity index is 144. The summed E-state index contributed by atoms with van der Waals surface area (Å²) in [4.78, 5) is 0. The van der Waals surface area contributed by atoms with Gasteiger partial charge in [0.2, 0.25) is 0 Å². The quantitative estimate of drug-likeness (QED) is 0.613. The van der Waals surface area contributed by atoms with Crippen LogP contribution in [0.4, 0.5) is 0 Å². The van der Waals surface area contributed by atoms with Crippen molar-refractivity contribution in [3.63, 3.8) is 0 Å². The molecule has 0 N–H and O–H groups in total. The molecule has 0 amide bonds. The summed E-state index contributed by atoms with van der Waals surface area (Å²) in [5.41, 5.74) is -0.0312. The van der Waals surface area contributed by atoms with Crippen molar-refractivity contribution < 1.29 is 9.47 Å². The van der Waals surface area contributed by atoms with Gasteiger partial charge in [-0.05, 0) is 61.3 Å². The molecule has 0 bridgehead atoms. The Labute approximate surface area is 95.3 Å². The van der Waals surface area contributed by atoms with Crippen molar-refractivity contribution in [3.05, 3.63) is 0 Å². The molecule has 1 atom stereocenters. The topological polar surface area (TPSA) is 18.5 Å². The molecule has 0 aromatic carbocycles. The van der Waals surface area contributed by atoms with Crippen molar-refractivity contribution in [2.75, 3.05) is 6.61 Å². The van der Waals surface area contributed by atoms with Crippen LogP contribution in [0.5, 0.6) is 0 Å². The molecule has 1 rings (SSSR count). The highest BCUT2D eigenvalue weighted by Gasteiger charge is 2.19. The summed E-state index contributed by atoms with van der Waals surface area (Å²) in [5.74, 6) is 0. The fourth-order valence-corrected chi connectivity index (χ4v) is 1.66. The minimum Gasteiger partial charge on any atom is -0.379 e. The Hall–Kier alpha value is -0.0800. The zero-order chi connectivity index (χ0) is 12.1. The van der Waals surface area contributed by atoms with Crippen LogP contribution in [0, 0.1) is 0 Å². The SMILES string of the molecule is CC(C)(C)OC(C)(C)C.CC1CCCO1. The van der Waals surface area contributed by atoms with Crippen molar-refractivity contribution in [2.45, 2.75) is 78.6 Å². The van der Waals surface area contributed by atoms with E-state index in [9.17, 15) is 0 Å². The molecule has 2 nitrogen and oxygen atoms in total. The van der Waals surface area contributed by atoms with Crippen LogP contribution in [0.2, 0.25) is 0 Å². The van der Waals surface area contributed by atoms with Gasteiger partial charge in [-0.2, -0.15) is 0 Å². The fraction of sp³-hybridized carbons (Fsp3) is 1.00. The van der Waals surface area contributed by atoms with E-state index in [4.69, 9.17) is 9.47 Å². The predicted molar refractivity (Wildman–Crippen MR) is 65.2 cm³/mol. The first-order valence-electron chi connectivity index (χ1n) is 5.92. The first kappa shape index (κ1) is 14.9. The molecule has 1 aliphatic rings. The highest BCUT2D eigenvalue weighted by Crippen LogP contribution is 2.17. The molecular formula is C13H28O2. The summed E-state index contributed by atoms with van der Waals surface area (Å²) in [6, 6.07) is 0. The summed E-state index contributed by atoms with van der Waals surface area (Å²) >= 11 is 0. The highest BCUT2D eigenvalue weighted by atomic mass is 16.5. The van der Waals surface area contributed by atoms with Gasteiger partial charge < -0.3 is 9.47 Å². The normalized spacial score (nSPS) is 22.2. The van der Waals surface area contributed by atoms with Crippen LogP contribution in [-0.2, 0) is 9.47 Å². The summed E-state index contributed by atoms with van der Waals surface area (Å²) in [7, 11) is 0. The molecule has 1 fully saturated rings. The third kappa shape index (κ3) is 11.8. The van der Waals surface area contributed by atoms with Crippen LogP contribution in [0.1, 0.15) is 61.3 Å². The number of hydrogen-bond donors (Lipinski definition) is 0. The lowest BCUT2D eigenvalue weighted by molar-refractivity contribution is -0.102. The van der Waals surface area contributed by atoms with Gasteiger partial charge in [0.25, 0.3) is 0 Å². The second kappa shape index (κ2) is 5.86. The van der Waals surface area contributed by atoms with E-state index in [1.807, 2.05) is 0 Å². The highest BCUT2D eigenvalue weighted by molar-refractivity contribution is 4.68. The van der Waals surface area contributed by atoms with Gasteiger partial charge in [-0.15, -0.1) is 0 Å². The van der Waals surface area contributed by atoms with Crippen molar-refractivity contribution >= 4 is 0 Å². The van der Waals surface area contributed by atoms with Crippen LogP contribution in [-0.4, -0.2) is 23.9 Å². The van der Waals surface area contributed by atoms with E-state index in [-0.39, 0.29) is 11.2 Å². The lowest BCUT2D eigenvalue weighted by Gasteiger charge is -2.30. The molecule has 1 saturated heterocycles. The van der Waals surface area contributed by atoms with Gasteiger partial charge >= 0.3 is 0 Å². The summed E-state index contributed by atoms with van der Waals surface area (Å²) < 4.78 is 10.8. The second-order valence-electron chi connectivity index (χ2n) is 6.15. The summed E-state index contributed by atoms with van der Waals surface area (Å²) in [5, 5.41) is 0. The minimum atomic E-state index is -0.0156. The van der Waals surface area contributed by atoms with E-state index in [1.165, 1.54) is 12.8 Å². The predicted octanol–water partition coefficient (Wildman–Crippen LogP) is 3.79. The molecule has 1 unspecified atom stereocenters. The third-order valence-electron chi connectivity index (χ3n) is 1.77. The Kier molecular flexibility index (Phi) is 5.82. The van der Waals surface area contributed by atoms with Gasteiger partial charge in [0.05, 0.1) is 17.3 Å². The zero-order valence-electron chi connectivity index (χ0n) is 11.5. The maximum atomic E-state index is 5.62. The van der Waals surface area contributed by atoms with Crippen molar-refractivity contribution in [1.82, 2.24) is 0 Å². The van der Waals surface area contributed by atoms with E-state index >= 15 is 0 Å². The summed E-state index contributed by atoms with van der Waals surface area (Å²) in [6.07, 6.45) is 3.08. The van der Waals surface area contributed by atoms with E-state index in [2.05, 4.69) is 48.5 Å². The molecule has 0 aromatic rings. The first-order chi connectivity index (χ1) is 6.60. The molecule has 1 heterocycles. The molecule has 0 spiro atoms. The average molecular weight is 216 g/mol. The van der Waals surface area contributed by atoms with E-state index in [1.54, 1.807) is 0 Å². The van der Waals surface area contributed by atoms with E-state index in [0.29, 0.717) is 6.10 Å². The third-order valence-corrected chi connectivity index (χ3v) is 1.77. The molecule has 15 heavy (non-hydrogen) atoms. The molecule has 2 heteroatoms. The van der Waals surface area contributed by atoms with Gasteiger partial charge in [0.1, 0.15) is 0 Å². The smallest absolute Gasteiger partial charge is 0.0605 e. The Morgan fingerprint density at radius 2 is 1.47 bits per heavy atom. The summed E-state index contributed by atoms with van der Waals surface area (Å²) in [6.45, 7) is 15.5. The van der Waals surface area contributed by atoms with E-state index in [0.717, 1.165) is 6.61 Å². The fourth-order valence-electron chi connectivity index (χ4n) is 1.66. The molecule has 0 radical (unpaired) electrons. The molecule has 0 aliphatic carbocycles. The average Bonchev–Trinajstić information content (AvgIpc) is 2.31. The van der Waals surface area contributed by atoms with Gasteiger partial charge in [-0.1, -0.05) is 0 Å². The van der Waals surface area contributed by atoms with E-state index < -0.39 is 0 Å². The van der Waals surface area contributed by atoms with Crippen LogP contribution < -0.4 is 0 Å². The number of hydrogen-bond acceptors (Lipinski definition) is 2. The molecule has 0 aromatic heterocycles. The zero-order valence-corrected chi connectivity index (χ0v) is 11.5. The van der Waals surface area contributed by atoms with Crippen LogP contribution >= 0.6 is 0 Å². The van der Waals surface area contributed by atoms with Gasteiger partial charge in [-0.3, -0.25) is 0 Å². The van der Waals surface area contributed by atoms with Gasteiger partial charge in [0.15, 0.2) is 0 Å². The molecule has 92 valence electrons. The molecule has 1 aliphatic heterocycles. The lowest BCUT2D eigenvalue weighted by atomic mass is 10.1. The Morgan fingerprint density at radius 3 is 1.53 bits per heavy atom. The first-order valence-corrected chi connectivity index (χ1v) is 5.92.